The van der Waals surface area contributed by atoms with E-state index in [2.05, 4.69) is 20.3 Å². The Morgan fingerprint density at radius 3 is 2.41 bits per heavy atom. The molecule has 1 N–H and O–H groups in total. The Balaban J connectivity index is 1.55. The molecule has 0 aliphatic carbocycles. The molecule has 0 saturated carbocycles. The van der Waals surface area contributed by atoms with Crippen molar-refractivity contribution >= 4 is 46.0 Å². The van der Waals surface area contributed by atoms with E-state index < -0.39 is 5.91 Å². The average Bonchev–Trinajstić information content (AvgIpc) is 3.09. The maximum absolute atomic E-state index is 13.1. The van der Waals surface area contributed by atoms with Crippen molar-refractivity contribution in [2.45, 2.75) is 13.1 Å². The maximum Gasteiger partial charge on any atom is 0.267 e. The normalized spacial score (nSPS) is 16.0. The van der Waals surface area contributed by atoms with E-state index in [4.69, 9.17) is 11.6 Å². The highest BCUT2D eigenvalue weighted by Gasteiger charge is 2.34. The SMILES string of the molecule is O=C(/C=C1\SC(=NCc2cccnc2)N(Cc2cccnc2)C1=O)Nc1ccc(Cl)cc1. The van der Waals surface area contributed by atoms with Crippen LogP contribution in [0, 0.1) is 0 Å². The molecule has 4 rings (SSSR count). The summed E-state index contributed by atoms with van der Waals surface area (Å²) >= 11 is 7.05. The molecule has 1 aliphatic rings. The third-order valence-electron chi connectivity index (χ3n) is 4.45. The Hall–Kier alpha value is -3.49. The molecule has 1 fully saturated rings. The molecule has 0 bridgehead atoms. The number of nitrogens with zero attached hydrogens (tertiary/aromatic N) is 4. The fourth-order valence-corrected chi connectivity index (χ4v) is 3.99. The van der Waals surface area contributed by atoms with Gasteiger partial charge in [-0.1, -0.05) is 23.7 Å². The summed E-state index contributed by atoms with van der Waals surface area (Å²) in [4.78, 5) is 40.2. The number of carbonyl (C=O) groups excluding carboxylic acids is 2. The zero-order chi connectivity index (χ0) is 22.3. The third kappa shape index (κ3) is 5.60. The number of aliphatic imine (C=N–C) groups is 1. The van der Waals surface area contributed by atoms with E-state index in [9.17, 15) is 9.59 Å². The highest BCUT2D eigenvalue weighted by Crippen LogP contribution is 2.32. The lowest BCUT2D eigenvalue weighted by Crippen LogP contribution is -2.29. The molecule has 0 spiro atoms. The third-order valence-corrected chi connectivity index (χ3v) is 5.74. The molecule has 0 unspecified atom stereocenters. The van der Waals surface area contributed by atoms with Crippen molar-refractivity contribution in [2.75, 3.05) is 5.32 Å². The van der Waals surface area contributed by atoms with Gasteiger partial charge in [0.2, 0.25) is 5.91 Å². The van der Waals surface area contributed by atoms with Gasteiger partial charge in [0.25, 0.3) is 5.91 Å². The van der Waals surface area contributed by atoms with Gasteiger partial charge in [0.15, 0.2) is 5.17 Å². The van der Waals surface area contributed by atoms with Gasteiger partial charge in [-0.05, 0) is 59.3 Å². The number of anilines is 1. The molecule has 7 nitrogen and oxygen atoms in total. The van der Waals surface area contributed by atoms with Crippen LogP contribution in [0.2, 0.25) is 5.02 Å². The number of rotatable bonds is 6. The van der Waals surface area contributed by atoms with Crippen LogP contribution in [0.5, 0.6) is 0 Å². The summed E-state index contributed by atoms with van der Waals surface area (Å²) in [6, 6.07) is 14.2. The first kappa shape index (κ1) is 21.7. The number of amidine groups is 1. The lowest BCUT2D eigenvalue weighted by atomic mass is 10.2. The zero-order valence-electron chi connectivity index (χ0n) is 16.8. The minimum Gasteiger partial charge on any atom is -0.322 e. The van der Waals surface area contributed by atoms with Crippen LogP contribution in [0.15, 0.2) is 89.3 Å². The fourth-order valence-electron chi connectivity index (χ4n) is 2.92. The molecule has 1 saturated heterocycles. The summed E-state index contributed by atoms with van der Waals surface area (Å²) in [5.41, 5.74) is 2.37. The van der Waals surface area contributed by atoms with Gasteiger partial charge in [-0.15, -0.1) is 0 Å². The number of pyridine rings is 2. The molecule has 2 amide bonds. The zero-order valence-corrected chi connectivity index (χ0v) is 18.4. The first-order chi connectivity index (χ1) is 15.6. The van der Waals surface area contributed by atoms with E-state index >= 15 is 0 Å². The van der Waals surface area contributed by atoms with Crippen molar-refractivity contribution in [2.24, 2.45) is 4.99 Å². The van der Waals surface area contributed by atoms with E-state index in [0.717, 1.165) is 11.1 Å². The van der Waals surface area contributed by atoms with Crippen molar-refractivity contribution in [3.63, 3.8) is 0 Å². The van der Waals surface area contributed by atoms with Crippen LogP contribution < -0.4 is 5.32 Å². The summed E-state index contributed by atoms with van der Waals surface area (Å²) < 4.78 is 0. The molecule has 3 aromatic rings. The van der Waals surface area contributed by atoms with Gasteiger partial charge < -0.3 is 5.32 Å². The van der Waals surface area contributed by atoms with Gasteiger partial charge in [0, 0.05) is 41.6 Å². The standard InChI is InChI=1S/C23H18ClN5O2S/c24-18-5-7-19(8-6-18)28-21(30)11-20-22(31)29(15-17-4-2-10-26-13-17)23(32-20)27-14-16-3-1-9-25-12-16/h1-13H,14-15H2,(H,28,30)/b20-11-,27-23?. The van der Waals surface area contributed by atoms with Crippen LogP contribution in [0.3, 0.4) is 0 Å². The minimum atomic E-state index is -0.405. The van der Waals surface area contributed by atoms with Crippen molar-refractivity contribution in [1.29, 1.82) is 0 Å². The monoisotopic (exact) mass is 463 g/mol. The van der Waals surface area contributed by atoms with Gasteiger partial charge in [0.05, 0.1) is 18.0 Å². The largest absolute Gasteiger partial charge is 0.322 e. The number of hydrogen-bond acceptors (Lipinski definition) is 6. The van der Waals surface area contributed by atoms with E-state index in [0.29, 0.717) is 33.9 Å². The lowest BCUT2D eigenvalue weighted by Gasteiger charge is -2.15. The molecule has 1 aliphatic heterocycles. The number of amides is 2. The lowest BCUT2D eigenvalue weighted by molar-refractivity contribution is -0.123. The van der Waals surface area contributed by atoms with E-state index in [-0.39, 0.29) is 5.91 Å². The van der Waals surface area contributed by atoms with Crippen LogP contribution in [-0.4, -0.2) is 31.8 Å². The van der Waals surface area contributed by atoms with Crippen LogP contribution >= 0.6 is 23.4 Å². The number of hydrogen-bond donors (Lipinski definition) is 1. The van der Waals surface area contributed by atoms with Gasteiger partial charge in [-0.25, -0.2) is 0 Å². The Labute approximate surface area is 194 Å². The molecule has 3 heterocycles. The van der Waals surface area contributed by atoms with Crippen molar-refractivity contribution in [1.82, 2.24) is 14.9 Å². The molecule has 160 valence electrons. The smallest absolute Gasteiger partial charge is 0.267 e. The van der Waals surface area contributed by atoms with Gasteiger partial charge in [-0.2, -0.15) is 0 Å². The van der Waals surface area contributed by atoms with Crippen molar-refractivity contribution < 1.29 is 9.59 Å². The van der Waals surface area contributed by atoms with Crippen LogP contribution in [0.1, 0.15) is 11.1 Å². The first-order valence-electron chi connectivity index (χ1n) is 9.69. The van der Waals surface area contributed by atoms with Gasteiger partial charge in [0.1, 0.15) is 0 Å². The Morgan fingerprint density at radius 2 is 1.75 bits per heavy atom. The highest BCUT2D eigenvalue weighted by molar-refractivity contribution is 8.18. The number of benzene rings is 1. The fraction of sp³-hybridized carbons (Fsp3) is 0.0870. The quantitative estimate of drug-likeness (QED) is 0.551. The van der Waals surface area contributed by atoms with Gasteiger partial charge >= 0.3 is 0 Å². The highest BCUT2D eigenvalue weighted by atomic mass is 35.5. The Kier molecular flexibility index (Phi) is 6.94. The van der Waals surface area contributed by atoms with E-state index in [1.54, 1.807) is 54.0 Å². The molecule has 2 aromatic heterocycles. The molecule has 9 heteroatoms. The summed E-state index contributed by atoms with van der Waals surface area (Å²) in [6.45, 7) is 0.679. The number of thioether (sulfide) groups is 1. The van der Waals surface area contributed by atoms with Crippen LogP contribution in [-0.2, 0) is 22.7 Å². The molecule has 0 radical (unpaired) electrons. The predicted octanol–water partition coefficient (Wildman–Crippen LogP) is 4.28. The summed E-state index contributed by atoms with van der Waals surface area (Å²) in [7, 11) is 0. The van der Waals surface area contributed by atoms with Gasteiger partial charge in [-0.3, -0.25) is 29.4 Å². The molecular formula is C23H18ClN5O2S. The average molecular weight is 464 g/mol. The number of nitrogens with one attached hydrogen (secondary N) is 1. The second-order valence-electron chi connectivity index (χ2n) is 6.82. The Morgan fingerprint density at radius 1 is 1.06 bits per heavy atom. The number of carbonyl (C=O) groups is 2. The maximum atomic E-state index is 13.1. The summed E-state index contributed by atoms with van der Waals surface area (Å²) in [5.74, 6) is -0.687. The Bertz CT molecular complexity index is 1170. The van der Waals surface area contributed by atoms with Crippen LogP contribution in [0.25, 0.3) is 0 Å². The van der Waals surface area contributed by atoms with E-state index in [1.807, 2.05) is 24.3 Å². The molecule has 32 heavy (non-hydrogen) atoms. The topological polar surface area (TPSA) is 87.6 Å². The molecule has 1 aromatic carbocycles. The summed E-state index contributed by atoms with van der Waals surface area (Å²) in [6.07, 6.45) is 8.09. The van der Waals surface area contributed by atoms with Crippen LogP contribution in [0.4, 0.5) is 5.69 Å². The summed E-state index contributed by atoms with van der Waals surface area (Å²) in [5, 5.41) is 3.83. The minimum absolute atomic E-state index is 0.282. The van der Waals surface area contributed by atoms with E-state index in [1.165, 1.54) is 17.8 Å². The number of halogens is 1. The second-order valence-corrected chi connectivity index (χ2v) is 8.26. The predicted molar refractivity (Wildman–Crippen MR) is 126 cm³/mol. The molecular weight excluding hydrogens is 446 g/mol. The number of aromatic nitrogens is 2. The molecule has 0 atom stereocenters. The van der Waals surface area contributed by atoms with Crippen molar-refractivity contribution in [3.8, 4) is 0 Å². The second kappa shape index (κ2) is 10.2. The first-order valence-corrected chi connectivity index (χ1v) is 10.9. The van der Waals surface area contributed by atoms with Crippen molar-refractivity contribution in [3.05, 3.63) is 100 Å².